The minimum absolute atomic E-state index is 0.116. The highest BCUT2D eigenvalue weighted by Gasteiger charge is 2.20. The number of nitrogens with one attached hydrogen (secondary N) is 2. The molecular weight excluding hydrogens is 392 g/mol. The summed E-state index contributed by atoms with van der Waals surface area (Å²) in [4.78, 5) is 35.3. The van der Waals surface area contributed by atoms with E-state index in [1.807, 2.05) is 0 Å². The number of primary amides is 1. The first-order valence-electron chi connectivity index (χ1n) is 12.6. The molecule has 0 fully saturated rings. The van der Waals surface area contributed by atoms with Gasteiger partial charge in [0.2, 0.25) is 17.7 Å². The zero-order valence-corrected chi connectivity index (χ0v) is 19.9. The van der Waals surface area contributed by atoms with Crippen LogP contribution in [0.3, 0.4) is 0 Å². The van der Waals surface area contributed by atoms with Gasteiger partial charge in [-0.1, -0.05) is 84.0 Å². The van der Waals surface area contributed by atoms with Gasteiger partial charge in [-0.25, -0.2) is 0 Å². The third kappa shape index (κ3) is 20.0. The standard InChI is InChI=1S/C24H48N4O3/c1-2-3-4-5-6-7-8-9-10-11-12-13-14-18-23(30)28-21(17-15-16-19-25)24(31)27-20-22(26)29/h21H,2-20,25H2,1H3,(H2,26,29)(H,27,31)(H,28,30)/t21-/m0/s1. The molecule has 31 heavy (non-hydrogen) atoms. The molecule has 0 saturated heterocycles. The van der Waals surface area contributed by atoms with Gasteiger partial charge >= 0.3 is 0 Å². The number of carbonyl (C=O) groups is 3. The van der Waals surface area contributed by atoms with Crippen molar-refractivity contribution < 1.29 is 14.4 Å². The molecule has 0 aliphatic rings. The largest absolute Gasteiger partial charge is 0.368 e. The minimum atomic E-state index is -0.639. The van der Waals surface area contributed by atoms with E-state index >= 15 is 0 Å². The molecule has 6 N–H and O–H groups in total. The maximum atomic E-state index is 12.2. The van der Waals surface area contributed by atoms with Crippen molar-refractivity contribution in [1.29, 1.82) is 0 Å². The van der Waals surface area contributed by atoms with Gasteiger partial charge in [0.1, 0.15) is 6.04 Å². The summed E-state index contributed by atoms with van der Waals surface area (Å²) in [5.74, 6) is -1.09. The molecule has 7 heteroatoms. The van der Waals surface area contributed by atoms with E-state index in [0.717, 1.165) is 32.1 Å². The summed E-state index contributed by atoms with van der Waals surface area (Å²) in [6, 6.07) is -0.639. The Kier molecular flexibility index (Phi) is 20.5. The lowest BCUT2D eigenvalue weighted by atomic mass is 10.0. The topological polar surface area (TPSA) is 127 Å². The van der Waals surface area contributed by atoms with Gasteiger partial charge in [0, 0.05) is 6.42 Å². The second-order valence-corrected chi connectivity index (χ2v) is 8.58. The first-order chi connectivity index (χ1) is 15.0. The van der Waals surface area contributed by atoms with Gasteiger partial charge < -0.3 is 22.1 Å². The quantitative estimate of drug-likeness (QED) is 0.191. The van der Waals surface area contributed by atoms with Crippen LogP contribution in [0.5, 0.6) is 0 Å². The molecule has 0 heterocycles. The Morgan fingerprint density at radius 3 is 1.74 bits per heavy atom. The lowest BCUT2D eigenvalue weighted by molar-refractivity contribution is -0.130. The summed E-state index contributed by atoms with van der Waals surface area (Å²) in [6.07, 6.45) is 18.9. The van der Waals surface area contributed by atoms with Crippen LogP contribution < -0.4 is 22.1 Å². The molecule has 1 atom stereocenters. The van der Waals surface area contributed by atoms with E-state index in [0.29, 0.717) is 19.4 Å². The molecule has 0 aromatic carbocycles. The van der Waals surface area contributed by atoms with Crippen molar-refractivity contribution in [2.45, 2.75) is 122 Å². The highest BCUT2D eigenvalue weighted by molar-refractivity contribution is 5.90. The number of nitrogens with two attached hydrogens (primary N) is 2. The minimum Gasteiger partial charge on any atom is -0.368 e. The van der Waals surface area contributed by atoms with Crippen LogP contribution in [-0.2, 0) is 14.4 Å². The maximum Gasteiger partial charge on any atom is 0.243 e. The van der Waals surface area contributed by atoms with Gasteiger partial charge in [-0.3, -0.25) is 14.4 Å². The van der Waals surface area contributed by atoms with Crippen LogP contribution in [-0.4, -0.2) is 36.9 Å². The average molecular weight is 441 g/mol. The maximum absolute atomic E-state index is 12.2. The van der Waals surface area contributed by atoms with Gasteiger partial charge in [0.25, 0.3) is 0 Å². The first-order valence-corrected chi connectivity index (χ1v) is 12.6. The van der Waals surface area contributed by atoms with Crippen LogP contribution in [0.25, 0.3) is 0 Å². The fourth-order valence-corrected chi connectivity index (χ4v) is 3.63. The number of hydrogen-bond donors (Lipinski definition) is 4. The van der Waals surface area contributed by atoms with Crippen molar-refractivity contribution in [2.75, 3.05) is 13.1 Å². The molecule has 3 amide bonds. The molecule has 0 rings (SSSR count). The Hall–Kier alpha value is -1.63. The molecule has 0 bridgehead atoms. The number of rotatable bonds is 22. The normalized spacial score (nSPS) is 11.8. The van der Waals surface area contributed by atoms with E-state index in [1.54, 1.807) is 0 Å². The number of carbonyl (C=O) groups excluding carboxylic acids is 3. The molecule has 0 aromatic rings. The molecule has 0 aliphatic carbocycles. The molecule has 0 saturated carbocycles. The molecule has 0 spiro atoms. The lowest BCUT2D eigenvalue weighted by Gasteiger charge is -2.18. The van der Waals surface area contributed by atoms with Crippen molar-refractivity contribution in [3.8, 4) is 0 Å². The zero-order chi connectivity index (χ0) is 23.2. The van der Waals surface area contributed by atoms with Crippen LogP contribution >= 0.6 is 0 Å². The molecular formula is C24H48N4O3. The van der Waals surface area contributed by atoms with Gasteiger partial charge in [0.15, 0.2) is 0 Å². The van der Waals surface area contributed by atoms with Crippen molar-refractivity contribution in [1.82, 2.24) is 10.6 Å². The van der Waals surface area contributed by atoms with E-state index in [1.165, 1.54) is 64.2 Å². The Bertz CT molecular complexity index is 472. The molecule has 0 aliphatic heterocycles. The van der Waals surface area contributed by atoms with Crippen LogP contribution in [0.1, 0.15) is 116 Å². The summed E-state index contributed by atoms with van der Waals surface area (Å²) in [7, 11) is 0. The number of unbranched alkanes of at least 4 members (excludes halogenated alkanes) is 13. The number of amides is 3. The molecule has 0 aromatic heterocycles. The van der Waals surface area contributed by atoms with Crippen LogP contribution in [0.15, 0.2) is 0 Å². The molecule has 0 radical (unpaired) electrons. The van der Waals surface area contributed by atoms with E-state index in [9.17, 15) is 14.4 Å². The SMILES string of the molecule is CCCCCCCCCCCCCCCC(=O)N[C@@H](CCCCN)C(=O)NCC(N)=O. The molecule has 0 unspecified atom stereocenters. The first kappa shape index (κ1) is 29.4. The van der Waals surface area contributed by atoms with E-state index in [4.69, 9.17) is 11.5 Å². The molecule has 182 valence electrons. The Labute approximate surface area is 189 Å². The van der Waals surface area contributed by atoms with Gasteiger partial charge in [0.05, 0.1) is 6.54 Å². The van der Waals surface area contributed by atoms with Crippen LogP contribution in [0, 0.1) is 0 Å². The van der Waals surface area contributed by atoms with Gasteiger partial charge in [-0.05, 0) is 32.2 Å². The van der Waals surface area contributed by atoms with Crippen LogP contribution in [0.2, 0.25) is 0 Å². The lowest BCUT2D eigenvalue weighted by Crippen LogP contribution is -2.48. The predicted octanol–water partition coefficient (Wildman–Crippen LogP) is 3.68. The second kappa shape index (κ2) is 21.6. The summed E-state index contributed by atoms with van der Waals surface area (Å²) < 4.78 is 0. The van der Waals surface area contributed by atoms with Crippen molar-refractivity contribution >= 4 is 17.7 Å². The van der Waals surface area contributed by atoms with Crippen LogP contribution in [0.4, 0.5) is 0 Å². The van der Waals surface area contributed by atoms with E-state index in [-0.39, 0.29) is 18.4 Å². The summed E-state index contributed by atoms with van der Waals surface area (Å²) in [6.45, 7) is 2.57. The predicted molar refractivity (Wildman–Crippen MR) is 127 cm³/mol. The highest BCUT2D eigenvalue weighted by atomic mass is 16.2. The Morgan fingerprint density at radius 2 is 1.26 bits per heavy atom. The van der Waals surface area contributed by atoms with Crippen molar-refractivity contribution in [3.05, 3.63) is 0 Å². The highest BCUT2D eigenvalue weighted by Crippen LogP contribution is 2.13. The van der Waals surface area contributed by atoms with E-state index < -0.39 is 11.9 Å². The second-order valence-electron chi connectivity index (χ2n) is 8.58. The van der Waals surface area contributed by atoms with E-state index in [2.05, 4.69) is 17.6 Å². The smallest absolute Gasteiger partial charge is 0.243 e. The monoisotopic (exact) mass is 440 g/mol. The van der Waals surface area contributed by atoms with Gasteiger partial charge in [-0.2, -0.15) is 0 Å². The molecule has 7 nitrogen and oxygen atoms in total. The summed E-state index contributed by atoms with van der Waals surface area (Å²) in [5, 5.41) is 5.27. The number of hydrogen-bond acceptors (Lipinski definition) is 4. The zero-order valence-electron chi connectivity index (χ0n) is 19.9. The average Bonchev–Trinajstić information content (AvgIpc) is 2.74. The Morgan fingerprint density at radius 1 is 0.742 bits per heavy atom. The third-order valence-corrected chi connectivity index (χ3v) is 5.54. The summed E-state index contributed by atoms with van der Waals surface area (Å²) in [5.41, 5.74) is 10.6. The van der Waals surface area contributed by atoms with Crippen molar-refractivity contribution in [2.24, 2.45) is 11.5 Å². The fraction of sp³-hybridized carbons (Fsp3) is 0.875. The fourth-order valence-electron chi connectivity index (χ4n) is 3.63. The summed E-state index contributed by atoms with van der Waals surface area (Å²) >= 11 is 0. The van der Waals surface area contributed by atoms with Gasteiger partial charge in [-0.15, -0.1) is 0 Å². The van der Waals surface area contributed by atoms with Crippen molar-refractivity contribution in [3.63, 3.8) is 0 Å². The third-order valence-electron chi connectivity index (χ3n) is 5.54. The Balaban J connectivity index is 3.81.